The van der Waals surface area contributed by atoms with Crippen LogP contribution in [-0.4, -0.2) is 31.0 Å². The van der Waals surface area contributed by atoms with Crippen molar-refractivity contribution in [2.75, 3.05) is 25.9 Å². The SMILES string of the molecule is CNC(=O)c1sc2nc(C3(C)CCNCC3)ccc2c1N. The quantitative estimate of drug-likeness (QED) is 0.791. The highest BCUT2D eigenvalue weighted by Crippen LogP contribution is 2.37. The van der Waals surface area contributed by atoms with Crippen molar-refractivity contribution < 1.29 is 4.79 Å². The van der Waals surface area contributed by atoms with Crippen LogP contribution in [-0.2, 0) is 5.41 Å². The highest BCUT2D eigenvalue weighted by molar-refractivity contribution is 7.21. The third-order valence-corrected chi connectivity index (χ3v) is 5.47. The second-order valence-electron chi connectivity index (χ2n) is 5.78. The van der Waals surface area contributed by atoms with Crippen molar-refractivity contribution in [3.63, 3.8) is 0 Å². The maximum atomic E-state index is 11.8. The molecule has 112 valence electrons. The summed E-state index contributed by atoms with van der Waals surface area (Å²) in [4.78, 5) is 18.0. The van der Waals surface area contributed by atoms with E-state index in [2.05, 4.69) is 23.6 Å². The van der Waals surface area contributed by atoms with Gasteiger partial charge in [0.05, 0.1) is 5.69 Å². The molecule has 1 aliphatic heterocycles. The van der Waals surface area contributed by atoms with Crippen LogP contribution in [0.3, 0.4) is 0 Å². The van der Waals surface area contributed by atoms with Crippen LogP contribution in [0.15, 0.2) is 12.1 Å². The van der Waals surface area contributed by atoms with E-state index in [0.717, 1.165) is 41.8 Å². The van der Waals surface area contributed by atoms with Gasteiger partial charge in [-0.25, -0.2) is 4.98 Å². The highest BCUT2D eigenvalue weighted by Gasteiger charge is 2.30. The highest BCUT2D eigenvalue weighted by atomic mass is 32.1. The Hall–Kier alpha value is -1.66. The summed E-state index contributed by atoms with van der Waals surface area (Å²) in [5.74, 6) is -0.148. The van der Waals surface area contributed by atoms with Crippen LogP contribution in [0.2, 0.25) is 0 Å². The van der Waals surface area contributed by atoms with Gasteiger partial charge in [0.15, 0.2) is 0 Å². The maximum Gasteiger partial charge on any atom is 0.263 e. The zero-order valence-corrected chi connectivity index (χ0v) is 13.1. The third-order valence-electron chi connectivity index (χ3n) is 4.35. The molecule has 21 heavy (non-hydrogen) atoms. The number of nitrogens with one attached hydrogen (secondary N) is 2. The molecule has 0 radical (unpaired) electrons. The molecule has 1 saturated heterocycles. The van der Waals surface area contributed by atoms with E-state index in [1.807, 2.05) is 6.07 Å². The summed E-state index contributed by atoms with van der Waals surface area (Å²) in [6.45, 7) is 4.30. The smallest absolute Gasteiger partial charge is 0.263 e. The fourth-order valence-corrected chi connectivity index (χ4v) is 3.89. The number of fused-ring (bicyclic) bond motifs is 1. The van der Waals surface area contributed by atoms with Crippen LogP contribution in [0.1, 0.15) is 35.1 Å². The van der Waals surface area contributed by atoms with Crippen LogP contribution < -0.4 is 16.4 Å². The van der Waals surface area contributed by atoms with Gasteiger partial charge in [0, 0.05) is 23.5 Å². The Kier molecular flexibility index (Phi) is 3.59. The molecular weight excluding hydrogens is 284 g/mol. The van der Waals surface area contributed by atoms with Gasteiger partial charge in [-0.1, -0.05) is 6.92 Å². The standard InChI is InChI=1S/C15H20N4OS/c1-15(5-7-18-8-6-15)10-4-3-9-11(16)12(13(20)17-2)21-14(9)19-10/h3-4,18H,5-8,16H2,1-2H3,(H,17,20). The lowest BCUT2D eigenvalue weighted by Gasteiger charge is -2.33. The fourth-order valence-electron chi connectivity index (χ4n) is 2.85. The Bertz CT molecular complexity index is 688. The van der Waals surface area contributed by atoms with Crippen LogP contribution in [0, 0.1) is 0 Å². The molecule has 0 atom stereocenters. The number of carbonyl (C=O) groups is 1. The number of hydrogen-bond donors (Lipinski definition) is 3. The van der Waals surface area contributed by atoms with Gasteiger partial charge in [0.25, 0.3) is 5.91 Å². The van der Waals surface area contributed by atoms with Crippen molar-refractivity contribution in [3.8, 4) is 0 Å². The molecule has 0 unspecified atom stereocenters. The molecule has 0 saturated carbocycles. The molecule has 1 amide bonds. The van der Waals surface area contributed by atoms with Gasteiger partial charge in [-0.15, -0.1) is 11.3 Å². The molecular formula is C15H20N4OS. The van der Waals surface area contributed by atoms with E-state index in [-0.39, 0.29) is 11.3 Å². The number of nitrogen functional groups attached to an aromatic ring is 1. The number of anilines is 1. The van der Waals surface area contributed by atoms with Crippen LogP contribution >= 0.6 is 11.3 Å². The van der Waals surface area contributed by atoms with Gasteiger partial charge in [-0.3, -0.25) is 4.79 Å². The van der Waals surface area contributed by atoms with E-state index in [9.17, 15) is 4.79 Å². The minimum absolute atomic E-state index is 0.103. The first kappa shape index (κ1) is 14.3. The van der Waals surface area contributed by atoms with E-state index in [1.54, 1.807) is 7.05 Å². The first-order valence-electron chi connectivity index (χ1n) is 7.17. The van der Waals surface area contributed by atoms with Gasteiger partial charge < -0.3 is 16.4 Å². The molecule has 1 fully saturated rings. The summed E-state index contributed by atoms with van der Waals surface area (Å²) < 4.78 is 0. The molecule has 0 bridgehead atoms. The van der Waals surface area contributed by atoms with E-state index in [1.165, 1.54) is 11.3 Å². The number of aromatic nitrogens is 1. The number of rotatable bonds is 2. The molecule has 0 aromatic carbocycles. The minimum atomic E-state index is -0.148. The topological polar surface area (TPSA) is 80.0 Å². The van der Waals surface area contributed by atoms with Crippen molar-refractivity contribution in [2.24, 2.45) is 0 Å². The van der Waals surface area contributed by atoms with Crippen LogP contribution in [0.25, 0.3) is 10.2 Å². The van der Waals surface area contributed by atoms with Crippen molar-refractivity contribution in [3.05, 3.63) is 22.7 Å². The molecule has 3 heterocycles. The third kappa shape index (κ3) is 2.38. The van der Waals surface area contributed by atoms with Gasteiger partial charge in [-0.2, -0.15) is 0 Å². The fraction of sp³-hybridized carbons (Fsp3) is 0.467. The summed E-state index contributed by atoms with van der Waals surface area (Å²) in [5.41, 5.74) is 7.81. The van der Waals surface area contributed by atoms with Crippen LogP contribution in [0.4, 0.5) is 5.69 Å². The molecule has 2 aromatic rings. The predicted molar refractivity (Wildman–Crippen MR) is 86.9 cm³/mol. The summed E-state index contributed by atoms with van der Waals surface area (Å²) >= 11 is 1.37. The normalized spacial score (nSPS) is 17.8. The largest absolute Gasteiger partial charge is 0.397 e. The number of hydrogen-bond acceptors (Lipinski definition) is 5. The number of nitrogens with zero attached hydrogens (tertiary/aromatic N) is 1. The first-order chi connectivity index (χ1) is 10.0. The van der Waals surface area contributed by atoms with E-state index in [4.69, 9.17) is 10.7 Å². The van der Waals surface area contributed by atoms with Crippen molar-refractivity contribution >= 4 is 33.1 Å². The van der Waals surface area contributed by atoms with Gasteiger partial charge in [0.2, 0.25) is 0 Å². The lowest BCUT2D eigenvalue weighted by Crippen LogP contribution is -2.38. The summed E-state index contributed by atoms with van der Waals surface area (Å²) in [5, 5.41) is 6.88. The van der Waals surface area contributed by atoms with Gasteiger partial charge >= 0.3 is 0 Å². The van der Waals surface area contributed by atoms with Gasteiger partial charge in [-0.05, 0) is 38.1 Å². The number of pyridine rings is 1. The van der Waals surface area contributed by atoms with Gasteiger partial charge in [0.1, 0.15) is 9.71 Å². The molecule has 3 rings (SSSR count). The Balaban J connectivity index is 2.06. The Morgan fingerprint density at radius 1 is 1.43 bits per heavy atom. The van der Waals surface area contributed by atoms with Crippen molar-refractivity contribution in [2.45, 2.75) is 25.2 Å². The Morgan fingerprint density at radius 3 is 2.81 bits per heavy atom. The monoisotopic (exact) mass is 304 g/mol. The van der Waals surface area contributed by atoms with E-state index >= 15 is 0 Å². The number of nitrogens with two attached hydrogens (primary N) is 1. The summed E-state index contributed by atoms with van der Waals surface area (Å²) in [6.07, 6.45) is 2.16. The molecule has 5 nitrogen and oxygen atoms in total. The van der Waals surface area contributed by atoms with Crippen LogP contribution in [0.5, 0.6) is 0 Å². The zero-order chi connectivity index (χ0) is 15.0. The first-order valence-corrected chi connectivity index (χ1v) is 7.99. The Morgan fingerprint density at radius 2 is 2.14 bits per heavy atom. The lowest BCUT2D eigenvalue weighted by molar-refractivity contribution is 0.0968. The molecule has 1 aliphatic rings. The lowest BCUT2D eigenvalue weighted by atomic mass is 9.78. The average molecular weight is 304 g/mol. The second-order valence-corrected chi connectivity index (χ2v) is 6.78. The molecule has 4 N–H and O–H groups in total. The Labute approximate surface area is 127 Å². The second kappa shape index (κ2) is 5.27. The maximum absolute atomic E-state index is 11.8. The molecule has 6 heteroatoms. The predicted octanol–water partition coefficient (Wildman–Crippen LogP) is 1.88. The average Bonchev–Trinajstić information content (AvgIpc) is 2.84. The van der Waals surface area contributed by atoms with Crippen molar-refractivity contribution in [1.29, 1.82) is 0 Å². The molecule has 0 spiro atoms. The zero-order valence-electron chi connectivity index (χ0n) is 12.3. The number of piperidine rings is 1. The number of amides is 1. The molecule has 0 aliphatic carbocycles. The molecule has 2 aromatic heterocycles. The minimum Gasteiger partial charge on any atom is -0.397 e. The number of thiophene rings is 1. The summed E-state index contributed by atoms with van der Waals surface area (Å²) in [7, 11) is 1.61. The van der Waals surface area contributed by atoms with E-state index in [0.29, 0.717) is 10.6 Å². The summed E-state index contributed by atoms with van der Waals surface area (Å²) in [6, 6.07) is 4.06. The van der Waals surface area contributed by atoms with Crippen molar-refractivity contribution in [1.82, 2.24) is 15.6 Å². The number of carbonyl (C=O) groups excluding carboxylic acids is 1. The van der Waals surface area contributed by atoms with E-state index < -0.39 is 0 Å².